The molecule has 0 aromatic carbocycles. The lowest BCUT2D eigenvalue weighted by Gasteiger charge is -2.27. The standard InChI is InChI=1S/C14H21NO4S/c16-12(6-5-10-2-1-7-19-10)15-11(14(17)18)8-20-13(15)9-3-4-9/h9-11,13H,1-8H2,(H,17,18). The van der Waals surface area contributed by atoms with Crippen molar-refractivity contribution in [3.05, 3.63) is 0 Å². The molecule has 0 aromatic rings. The monoisotopic (exact) mass is 299 g/mol. The molecule has 20 heavy (non-hydrogen) atoms. The van der Waals surface area contributed by atoms with Crippen LogP contribution in [0.2, 0.25) is 0 Å². The van der Waals surface area contributed by atoms with Gasteiger partial charge in [0.05, 0.1) is 11.5 Å². The van der Waals surface area contributed by atoms with Gasteiger partial charge in [-0.25, -0.2) is 4.79 Å². The largest absolute Gasteiger partial charge is 0.480 e. The molecule has 0 bridgehead atoms. The Hall–Kier alpha value is -0.750. The van der Waals surface area contributed by atoms with Crippen LogP contribution in [0.5, 0.6) is 0 Å². The molecular weight excluding hydrogens is 278 g/mol. The third-order valence-electron chi connectivity index (χ3n) is 4.34. The molecule has 0 aromatic heterocycles. The SMILES string of the molecule is O=C(O)C1CSC(C2CC2)N1C(=O)CCC1CCCO1. The second kappa shape index (κ2) is 5.93. The molecule has 0 spiro atoms. The third-order valence-corrected chi connectivity index (χ3v) is 5.80. The number of carboxylic acids is 1. The van der Waals surface area contributed by atoms with Crippen LogP contribution in [0, 0.1) is 5.92 Å². The molecule has 3 unspecified atom stereocenters. The highest BCUT2D eigenvalue weighted by molar-refractivity contribution is 8.00. The lowest BCUT2D eigenvalue weighted by atomic mass is 10.1. The fourth-order valence-electron chi connectivity index (χ4n) is 3.06. The van der Waals surface area contributed by atoms with Gasteiger partial charge in [-0.15, -0.1) is 11.8 Å². The first kappa shape index (κ1) is 14.2. The van der Waals surface area contributed by atoms with Crippen LogP contribution >= 0.6 is 11.8 Å². The average Bonchev–Trinajstić information content (AvgIpc) is 2.97. The second-order valence-electron chi connectivity index (χ2n) is 5.89. The molecule has 1 saturated carbocycles. The van der Waals surface area contributed by atoms with Gasteiger partial charge in [-0.05, 0) is 38.0 Å². The molecule has 1 aliphatic carbocycles. The van der Waals surface area contributed by atoms with E-state index in [0.29, 0.717) is 18.1 Å². The Morgan fingerprint density at radius 2 is 2.10 bits per heavy atom. The van der Waals surface area contributed by atoms with Gasteiger partial charge < -0.3 is 14.7 Å². The van der Waals surface area contributed by atoms with Crippen molar-refractivity contribution in [3.63, 3.8) is 0 Å². The second-order valence-corrected chi connectivity index (χ2v) is 7.04. The molecule has 2 aliphatic heterocycles. The summed E-state index contributed by atoms with van der Waals surface area (Å²) in [5.74, 6) is 0.166. The number of carboxylic acid groups (broad SMARTS) is 1. The number of nitrogens with zero attached hydrogens (tertiary/aromatic N) is 1. The van der Waals surface area contributed by atoms with Gasteiger partial charge in [-0.3, -0.25) is 4.79 Å². The van der Waals surface area contributed by atoms with Gasteiger partial charge in [0.2, 0.25) is 5.91 Å². The predicted octanol–water partition coefficient (Wildman–Crippen LogP) is 1.71. The molecule has 2 heterocycles. The van der Waals surface area contributed by atoms with Crippen molar-refractivity contribution in [2.45, 2.75) is 56.0 Å². The van der Waals surface area contributed by atoms with Crippen molar-refractivity contribution in [2.24, 2.45) is 5.92 Å². The Labute approximate surface area is 123 Å². The summed E-state index contributed by atoms with van der Waals surface area (Å²) in [5.41, 5.74) is 0. The Bertz CT molecular complexity index is 393. The number of rotatable bonds is 5. The zero-order valence-electron chi connectivity index (χ0n) is 11.5. The van der Waals surface area contributed by atoms with Crippen molar-refractivity contribution >= 4 is 23.6 Å². The van der Waals surface area contributed by atoms with E-state index in [4.69, 9.17) is 4.74 Å². The minimum absolute atomic E-state index is 0.00481. The van der Waals surface area contributed by atoms with Gasteiger partial charge in [-0.1, -0.05) is 0 Å². The summed E-state index contributed by atoms with van der Waals surface area (Å²) >= 11 is 1.64. The normalized spacial score (nSPS) is 33.6. The van der Waals surface area contributed by atoms with Crippen molar-refractivity contribution in [1.82, 2.24) is 4.90 Å². The fourth-order valence-corrected chi connectivity index (χ4v) is 4.72. The summed E-state index contributed by atoms with van der Waals surface area (Å²) in [7, 11) is 0. The first-order valence-electron chi connectivity index (χ1n) is 7.44. The van der Waals surface area contributed by atoms with Gasteiger partial charge in [0, 0.05) is 18.8 Å². The molecule has 0 radical (unpaired) electrons. The Balaban J connectivity index is 1.60. The van der Waals surface area contributed by atoms with Crippen LogP contribution in [0.3, 0.4) is 0 Å². The maximum absolute atomic E-state index is 12.5. The highest BCUT2D eigenvalue weighted by Gasteiger charge is 2.47. The van der Waals surface area contributed by atoms with E-state index in [2.05, 4.69) is 0 Å². The highest BCUT2D eigenvalue weighted by atomic mass is 32.2. The van der Waals surface area contributed by atoms with E-state index in [1.807, 2.05) is 0 Å². The fraction of sp³-hybridized carbons (Fsp3) is 0.857. The number of hydrogen-bond donors (Lipinski definition) is 1. The summed E-state index contributed by atoms with van der Waals surface area (Å²) < 4.78 is 5.53. The average molecular weight is 299 g/mol. The number of ether oxygens (including phenoxy) is 1. The number of carbonyl (C=O) groups excluding carboxylic acids is 1. The van der Waals surface area contributed by atoms with Gasteiger partial charge in [0.15, 0.2) is 0 Å². The molecule has 112 valence electrons. The number of amides is 1. The molecule has 3 rings (SSSR count). The Morgan fingerprint density at radius 3 is 2.70 bits per heavy atom. The van der Waals surface area contributed by atoms with Crippen LogP contribution < -0.4 is 0 Å². The Morgan fingerprint density at radius 1 is 1.30 bits per heavy atom. The third kappa shape index (κ3) is 2.96. The van der Waals surface area contributed by atoms with E-state index in [1.165, 1.54) is 0 Å². The van der Waals surface area contributed by atoms with Gasteiger partial charge >= 0.3 is 5.97 Å². The summed E-state index contributed by atoms with van der Waals surface area (Å²) in [4.78, 5) is 25.4. The van der Waals surface area contributed by atoms with E-state index >= 15 is 0 Å². The van der Waals surface area contributed by atoms with E-state index < -0.39 is 12.0 Å². The van der Waals surface area contributed by atoms with Crippen molar-refractivity contribution in [1.29, 1.82) is 0 Å². The molecule has 5 nitrogen and oxygen atoms in total. The van der Waals surface area contributed by atoms with Crippen LogP contribution in [0.15, 0.2) is 0 Å². The first-order valence-corrected chi connectivity index (χ1v) is 8.49. The van der Waals surface area contributed by atoms with Crippen molar-refractivity contribution < 1.29 is 19.4 Å². The van der Waals surface area contributed by atoms with Crippen LogP contribution in [-0.4, -0.2) is 51.8 Å². The van der Waals surface area contributed by atoms with E-state index in [1.54, 1.807) is 16.7 Å². The number of thioether (sulfide) groups is 1. The molecular formula is C14H21NO4S. The maximum atomic E-state index is 12.5. The van der Waals surface area contributed by atoms with E-state index in [0.717, 1.165) is 38.7 Å². The Kier molecular flexibility index (Phi) is 4.21. The zero-order chi connectivity index (χ0) is 14.1. The van der Waals surface area contributed by atoms with Crippen LogP contribution in [0.25, 0.3) is 0 Å². The van der Waals surface area contributed by atoms with E-state index in [9.17, 15) is 14.7 Å². The summed E-state index contributed by atoms with van der Waals surface area (Å²) in [6, 6.07) is -0.636. The predicted molar refractivity (Wildman–Crippen MR) is 75.4 cm³/mol. The molecule has 3 fully saturated rings. The van der Waals surface area contributed by atoms with Crippen LogP contribution in [0.4, 0.5) is 0 Å². The molecule has 6 heteroatoms. The molecule has 3 aliphatic rings. The van der Waals surface area contributed by atoms with Gasteiger partial charge in [-0.2, -0.15) is 0 Å². The zero-order valence-corrected chi connectivity index (χ0v) is 12.3. The number of aliphatic carboxylic acids is 1. The minimum Gasteiger partial charge on any atom is -0.480 e. The molecule has 3 atom stereocenters. The lowest BCUT2D eigenvalue weighted by Crippen LogP contribution is -2.46. The minimum atomic E-state index is -0.869. The molecule has 1 amide bonds. The van der Waals surface area contributed by atoms with Crippen LogP contribution in [-0.2, 0) is 14.3 Å². The van der Waals surface area contributed by atoms with Crippen molar-refractivity contribution in [3.8, 4) is 0 Å². The highest BCUT2D eigenvalue weighted by Crippen LogP contribution is 2.45. The van der Waals surface area contributed by atoms with Crippen molar-refractivity contribution in [2.75, 3.05) is 12.4 Å². The van der Waals surface area contributed by atoms with E-state index in [-0.39, 0.29) is 17.4 Å². The quantitative estimate of drug-likeness (QED) is 0.837. The summed E-state index contributed by atoms with van der Waals surface area (Å²) in [6.07, 6.45) is 5.68. The van der Waals surface area contributed by atoms with Gasteiger partial charge in [0.1, 0.15) is 6.04 Å². The first-order chi connectivity index (χ1) is 9.66. The summed E-state index contributed by atoms with van der Waals surface area (Å²) in [6.45, 7) is 0.793. The topological polar surface area (TPSA) is 66.8 Å². The maximum Gasteiger partial charge on any atom is 0.327 e. The van der Waals surface area contributed by atoms with Gasteiger partial charge in [0.25, 0.3) is 0 Å². The van der Waals surface area contributed by atoms with Crippen LogP contribution in [0.1, 0.15) is 38.5 Å². The smallest absolute Gasteiger partial charge is 0.327 e. The molecule has 1 N–H and O–H groups in total. The molecule has 2 saturated heterocycles. The number of hydrogen-bond acceptors (Lipinski definition) is 4. The summed E-state index contributed by atoms with van der Waals surface area (Å²) in [5, 5.41) is 9.39. The lowest BCUT2D eigenvalue weighted by molar-refractivity contribution is -0.149. The number of carbonyl (C=O) groups is 2.